The number of nitriles is 2. The molecule has 4 rings (SSSR count). The summed E-state index contributed by atoms with van der Waals surface area (Å²) in [5.41, 5.74) is 1.54. The molecule has 0 fully saturated rings. The first kappa shape index (κ1) is 30.4. The average Bonchev–Trinajstić information content (AvgIpc) is 3.28. The normalized spacial score (nSPS) is 14.5. The molecule has 0 aliphatic carbocycles. The Kier molecular flexibility index (Phi) is 10.5. The predicted octanol–water partition coefficient (Wildman–Crippen LogP) is 2.68. The van der Waals surface area contributed by atoms with Crippen molar-refractivity contribution in [2.24, 2.45) is 0 Å². The second kappa shape index (κ2) is 13.8. The third-order valence-corrected chi connectivity index (χ3v) is 6.72. The van der Waals surface area contributed by atoms with Crippen LogP contribution in [0, 0.1) is 29.2 Å². The zero-order chi connectivity index (χ0) is 27.8. The summed E-state index contributed by atoms with van der Waals surface area (Å²) < 4.78 is 39.1. The number of rotatable bonds is 8. The van der Waals surface area contributed by atoms with Crippen molar-refractivity contribution in [3.63, 3.8) is 0 Å². The first-order valence-corrected chi connectivity index (χ1v) is 13.4. The fourth-order valence-corrected chi connectivity index (χ4v) is 4.74. The van der Waals surface area contributed by atoms with Gasteiger partial charge in [-0.3, -0.25) is 0 Å². The molecule has 40 heavy (non-hydrogen) atoms. The maximum atomic E-state index is 11.1. The topological polar surface area (TPSA) is 122 Å². The van der Waals surface area contributed by atoms with Gasteiger partial charge in [0.2, 0.25) is 5.88 Å². The molecule has 0 unspecified atom stereocenters. The summed E-state index contributed by atoms with van der Waals surface area (Å²) in [6.07, 6.45) is 6.53. The summed E-state index contributed by atoms with van der Waals surface area (Å²) >= 11 is 0. The minimum atomic E-state index is -4.34. The van der Waals surface area contributed by atoms with E-state index >= 15 is 0 Å². The van der Waals surface area contributed by atoms with E-state index in [4.69, 9.17) is 11.3 Å². The van der Waals surface area contributed by atoms with Gasteiger partial charge in [0.15, 0.2) is 5.75 Å². The maximum Gasteiger partial charge on any atom is 1.00 e. The van der Waals surface area contributed by atoms with Crippen molar-refractivity contribution in [3.8, 4) is 17.9 Å². The molecule has 8 nitrogen and oxygen atoms in total. The number of allylic oxidation sites excluding steroid dienone is 7. The van der Waals surface area contributed by atoms with Gasteiger partial charge in [0.25, 0.3) is 5.70 Å². The largest absolute Gasteiger partial charge is 1.00 e. The molecule has 3 aromatic rings. The number of fused-ring (bicyclic) bond motifs is 2. The Morgan fingerprint density at radius 3 is 2.48 bits per heavy atom. The van der Waals surface area contributed by atoms with Crippen LogP contribution in [0.5, 0.6) is 5.75 Å². The van der Waals surface area contributed by atoms with Crippen LogP contribution in [0.3, 0.4) is 0 Å². The summed E-state index contributed by atoms with van der Waals surface area (Å²) in [4.78, 5) is 5.15. The van der Waals surface area contributed by atoms with Crippen molar-refractivity contribution in [1.82, 2.24) is 0 Å². The Labute approximate surface area is 255 Å². The Hall–Kier alpha value is -4.14. The van der Waals surface area contributed by atoms with E-state index in [0.29, 0.717) is 17.2 Å². The van der Waals surface area contributed by atoms with Crippen molar-refractivity contribution in [1.29, 1.82) is 10.5 Å². The number of hydrogen-bond acceptors (Lipinski definition) is 7. The molecule has 0 saturated carbocycles. The molecule has 0 atom stereocenters. The minimum absolute atomic E-state index is 0. The van der Waals surface area contributed by atoms with Crippen LogP contribution in [0.15, 0.2) is 108 Å². The van der Waals surface area contributed by atoms with Gasteiger partial charge in [-0.2, -0.15) is 5.26 Å². The molecule has 3 aromatic carbocycles. The molecule has 1 aliphatic heterocycles. The van der Waals surface area contributed by atoms with Crippen LogP contribution in [0.2, 0.25) is 0 Å². The van der Waals surface area contributed by atoms with Crippen molar-refractivity contribution >= 4 is 32.2 Å². The van der Waals surface area contributed by atoms with E-state index in [-0.39, 0.29) is 59.4 Å². The Morgan fingerprint density at radius 2 is 1.75 bits per heavy atom. The van der Waals surface area contributed by atoms with Gasteiger partial charge in [0, 0.05) is 17.9 Å². The molecule has 0 bridgehead atoms. The average molecular weight is 557 g/mol. The van der Waals surface area contributed by atoms with E-state index in [1.807, 2.05) is 60.7 Å². The first-order valence-electron chi connectivity index (χ1n) is 11.8. The van der Waals surface area contributed by atoms with Crippen LogP contribution < -0.4 is 39.2 Å². The number of nitrogens with zero attached hydrogens (tertiary/aromatic N) is 4. The fraction of sp³-hybridized carbons (Fsp3) is 0.100. The minimum Gasteiger partial charge on any atom is -0.748 e. The summed E-state index contributed by atoms with van der Waals surface area (Å²) in [5, 5.41) is 21.4. The number of anilines is 1. The van der Waals surface area contributed by atoms with Crippen LogP contribution in [-0.4, -0.2) is 25.3 Å². The molecule has 192 valence electrons. The Bertz CT molecular complexity index is 1770. The molecule has 1 aliphatic rings. The van der Waals surface area contributed by atoms with Crippen LogP contribution in [-0.2, 0) is 10.1 Å². The van der Waals surface area contributed by atoms with E-state index in [1.54, 1.807) is 35.3 Å². The number of ether oxygens (including phenoxy) is 1. The fourth-order valence-electron chi connectivity index (χ4n) is 4.25. The summed E-state index contributed by atoms with van der Waals surface area (Å²) in [6.45, 7) is 7.78. The standard InChI is InChI=1S/C30H22N4O4S.Na/c1-33-26(21-32)30(25-14-8-12-22-10-2-4-13-24(22)25)23(20-31)11-3-7-17-29-34(18-9-19-39(35,36)37)27-15-5-6-16-28(27)38-29;/h2-8,10-17H,9,18-19H2,(H,35,36,37);/q;+1/p-1/b7-3+,23-11+,29-17-,30-26-;. The van der Waals surface area contributed by atoms with Gasteiger partial charge < -0.3 is 14.2 Å². The zero-order valence-electron chi connectivity index (χ0n) is 21.6. The molecule has 1 heterocycles. The number of benzene rings is 3. The smallest absolute Gasteiger partial charge is 0.748 e. The molecule has 0 N–H and O–H groups in total. The molecular weight excluding hydrogens is 535 g/mol. The van der Waals surface area contributed by atoms with Crippen LogP contribution in [0.25, 0.3) is 21.2 Å². The SMILES string of the molecule is [C-]#[N+]/C(C#N)=C(/C(C#N)=C/C=C/C=C1\Oc2ccccc2N1CCCS(=O)(=O)[O-])c1cccc2ccccc12.[Na+]. The molecule has 0 saturated heterocycles. The maximum absolute atomic E-state index is 11.1. The van der Waals surface area contributed by atoms with Crippen LogP contribution in [0.1, 0.15) is 12.0 Å². The van der Waals surface area contributed by atoms with Crippen molar-refractivity contribution in [2.45, 2.75) is 6.42 Å². The third kappa shape index (κ3) is 7.08. The van der Waals surface area contributed by atoms with E-state index < -0.39 is 15.9 Å². The van der Waals surface area contributed by atoms with Gasteiger partial charge in [0.05, 0.1) is 40.1 Å². The number of hydrogen-bond donors (Lipinski definition) is 0. The van der Waals surface area contributed by atoms with Gasteiger partial charge in [-0.25, -0.2) is 18.5 Å². The van der Waals surface area contributed by atoms with E-state index in [1.165, 1.54) is 6.08 Å². The zero-order valence-corrected chi connectivity index (χ0v) is 24.4. The second-order valence-corrected chi connectivity index (χ2v) is 9.92. The quantitative estimate of drug-likeness (QED) is 0.138. The molecule has 0 aromatic heterocycles. The monoisotopic (exact) mass is 556 g/mol. The molecule has 10 heteroatoms. The first-order chi connectivity index (χ1) is 18.9. The van der Waals surface area contributed by atoms with Gasteiger partial charge in [0.1, 0.15) is 0 Å². The molecule has 0 amide bonds. The van der Waals surface area contributed by atoms with Crippen LogP contribution >= 0.6 is 0 Å². The number of para-hydroxylation sites is 2. The molecule has 0 radical (unpaired) electrons. The summed E-state index contributed by atoms with van der Waals surface area (Å²) in [7, 11) is -4.34. The molecule has 0 spiro atoms. The van der Waals surface area contributed by atoms with E-state index in [9.17, 15) is 23.5 Å². The predicted molar refractivity (Wildman–Crippen MR) is 148 cm³/mol. The van der Waals surface area contributed by atoms with E-state index in [2.05, 4.69) is 10.9 Å². The Balaban J connectivity index is 0.00000441. The molecular formula is C30H21N4NaO4S. The van der Waals surface area contributed by atoms with Crippen molar-refractivity contribution in [2.75, 3.05) is 17.2 Å². The van der Waals surface area contributed by atoms with Crippen molar-refractivity contribution in [3.05, 3.63) is 125 Å². The van der Waals surface area contributed by atoms with Crippen LogP contribution in [0.4, 0.5) is 5.69 Å². The van der Waals surface area contributed by atoms with Gasteiger partial charge in [-0.15, -0.1) is 0 Å². The summed E-state index contributed by atoms with van der Waals surface area (Å²) in [5.74, 6) is 0.521. The van der Waals surface area contributed by atoms with Gasteiger partial charge in [-0.05, 0) is 47.0 Å². The van der Waals surface area contributed by atoms with Crippen molar-refractivity contribution < 1.29 is 47.3 Å². The summed E-state index contributed by atoms with van der Waals surface area (Å²) in [6, 6.07) is 24.3. The Morgan fingerprint density at radius 1 is 1.02 bits per heavy atom. The second-order valence-electron chi connectivity index (χ2n) is 8.39. The van der Waals surface area contributed by atoms with Gasteiger partial charge >= 0.3 is 29.6 Å². The van der Waals surface area contributed by atoms with E-state index in [0.717, 1.165) is 16.5 Å². The van der Waals surface area contributed by atoms with Gasteiger partial charge in [-0.1, -0.05) is 66.7 Å². The third-order valence-electron chi connectivity index (χ3n) is 5.93.